The van der Waals surface area contributed by atoms with Crippen LogP contribution in [0.25, 0.3) is 43.6 Å². The molecule has 0 atom stereocenters. The van der Waals surface area contributed by atoms with Crippen LogP contribution in [0.5, 0.6) is 17.2 Å². The third-order valence-corrected chi connectivity index (χ3v) is 5.88. The molecule has 0 N–H and O–H groups in total. The molecule has 3 aromatic heterocycles. The number of fused-ring (bicyclic) bond motifs is 5. The molecule has 188 valence electrons. The van der Waals surface area contributed by atoms with E-state index in [0.29, 0.717) is 17.2 Å². The average Bonchev–Trinajstić information content (AvgIpc) is 2.91. The molecule has 3 heterocycles. The molecule has 7 nitrogen and oxygen atoms in total. The van der Waals surface area contributed by atoms with Crippen molar-refractivity contribution in [2.24, 2.45) is 0 Å². The summed E-state index contributed by atoms with van der Waals surface area (Å²) in [6.07, 6.45) is 11.3. The number of methoxy groups -OCH3 is 3. The first-order valence-electron chi connectivity index (χ1n) is 11.6. The monoisotopic (exact) mass is 720 g/mol. The number of benzene rings is 2. The smallest absolute Gasteiger partial charge is 0.493 e. The number of hydrogen-bond donors (Lipinski definition) is 0. The molecule has 0 aliphatic carbocycles. The molecule has 5 aromatic rings. The third kappa shape index (κ3) is 5.98. The first-order valence-corrected chi connectivity index (χ1v) is 11.6. The molecular weight excluding hydrogens is 690 g/mol. The Balaban J connectivity index is 0.000000489. The zero-order chi connectivity index (χ0) is 25.7. The summed E-state index contributed by atoms with van der Waals surface area (Å²) < 4.78 is 16.7. The molecule has 0 radical (unpaired) electrons. The van der Waals surface area contributed by atoms with Crippen molar-refractivity contribution in [1.82, 2.24) is 19.9 Å². The molecule has 0 saturated heterocycles. The predicted octanol–water partition coefficient (Wildman–Crippen LogP) is 5.60. The van der Waals surface area contributed by atoms with E-state index in [1.807, 2.05) is 44.6 Å². The fraction of sp³-hybridized carbons (Fsp3) is 0.241. The first-order chi connectivity index (χ1) is 17.5. The van der Waals surface area contributed by atoms with Gasteiger partial charge in [-0.25, -0.2) is 0 Å². The second-order valence-corrected chi connectivity index (χ2v) is 8.46. The van der Waals surface area contributed by atoms with Crippen LogP contribution in [0.2, 0.25) is 0 Å². The minimum absolute atomic E-state index is 0. The van der Waals surface area contributed by atoms with Crippen molar-refractivity contribution in [3.63, 3.8) is 0 Å². The van der Waals surface area contributed by atoms with E-state index < -0.39 is 0 Å². The standard InChI is InChI=1S/C24H18N3O3.C5H12N.U/c1-28-20-9-15(10-21(29-2)24(20)30-3)18-8-14-4-6-26-13-19(14)23-22(18)17-5-7-25-11-16(17)12-27-23;1-4-5-6(2)3;/h4-11,13H,1-3H3;1,4-5H2,2-3H3;/q2*-1;+2. The van der Waals surface area contributed by atoms with Crippen LogP contribution in [0.1, 0.15) is 6.42 Å². The normalized spacial score (nSPS) is 10.7. The van der Waals surface area contributed by atoms with Crippen LogP contribution in [0, 0.1) is 44.2 Å². The van der Waals surface area contributed by atoms with Crippen LogP contribution < -0.4 is 14.2 Å². The van der Waals surface area contributed by atoms with Gasteiger partial charge in [0.1, 0.15) is 0 Å². The van der Waals surface area contributed by atoms with Gasteiger partial charge in [-0.15, -0.1) is 5.39 Å². The van der Waals surface area contributed by atoms with Gasteiger partial charge in [-0.3, -0.25) is 4.98 Å². The van der Waals surface area contributed by atoms with Gasteiger partial charge in [0.15, 0.2) is 11.5 Å². The molecule has 0 amide bonds. The summed E-state index contributed by atoms with van der Waals surface area (Å²) in [4.78, 5) is 15.3. The number of nitrogens with zero attached hydrogens (tertiary/aromatic N) is 4. The molecular formula is C29H30N4O3U. The quantitative estimate of drug-likeness (QED) is 0.167. The van der Waals surface area contributed by atoms with E-state index in [-0.39, 0.29) is 31.1 Å². The van der Waals surface area contributed by atoms with E-state index in [9.17, 15) is 0 Å². The third-order valence-electron chi connectivity index (χ3n) is 5.88. The second kappa shape index (κ2) is 13.0. The van der Waals surface area contributed by atoms with Crippen molar-refractivity contribution in [2.45, 2.75) is 6.42 Å². The van der Waals surface area contributed by atoms with Gasteiger partial charge in [-0.05, 0) is 84.7 Å². The fourth-order valence-corrected chi connectivity index (χ4v) is 4.21. The molecule has 0 aliphatic rings. The molecule has 5 rings (SSSR count). The molecule has 2 aromatic carbocycles. The van der Waals surface area contributed by atoms with Crippen LogP contribution >= 0.6 is 0 Å². The van der Waals surface area contributed by atoms with E-state index in [1.165, 1.54) is 0 Å². The fourth-order valence-electron chi connectivity index (χ4n) is 4.21. The predicted molar refractivity (Wildman–Crippen MR) is 145 cm³/mol. The molecule has 0 fully saturated rings. The van der Waals surface area contributed by atoms with Crippen molar-refractivity contribution in [1.29, 1.82) is 0 Å². The number of aromatic nitrogens is 3. The molecule has 8 heteroatoms. The summed E-state index contributed by atoms with van der Waals surface area (Å²) in [7, 11) is 8.92. The maximum atomic E-state index is 5.58. The average molecular weight is 721 g/mol. The van der Waals surface area contributed by atoms with E-state index in [4.69, 9.17) is 14.2 Å². The number of rotatable bonds is 6. The minimum atomic E-state index is 0. The van der Waals surface area contributed by atoms with E-state index in [1.54, 1.807) is 39.9 Å². The Labute approximate surface area is 241 Å². The topological polar surface area (TPSA) is 69.6 Å². The summed E-state index contributed by atoms with van der Waals surface area (Å²) in [5.74, 6) is 1.74. The van der Waals surface area contributed by atoms with Crippen molar-refractivity contribution >= 4 is 32.4 Å². The van der Waals surface area contributed by atoms with Gasteiger partial charge in [-0.1, -0.05) is 16.8 Å². The molecule has 0 saturated carbocycles. The number of hydrogen-bond acceptors (Lipinski definition) is 7. The van der Waals surface area contributed by atoms with Crippen LogP contribution in [0.4, 0.5) is 0 Å². The van der Waals surface area contributed by atoms with Gasteiger partial charge >= 0.3 is 31.1 Å². The summed E-state index contributed by atoms with van der Waals surface area (Å²) in [5, 5.41) is 4.88. The molecule has 37 heavy (non-hydrogen) atoms. The maximum Gasteiger partial charge on any atom is 2.00 e. The Morgan fingerprint density at radius 1 is 0.892 bits per heavy atom. The van der Waals surface area contributed by atoms with Crippen molar-refractivity contribution in [2.75, 3.05) is 42.0 Å². The van der Waals surface area contributed by atoms with E-state index in [0.717, 1.165) is 56.5 Å². The van der Waals surface area contributed by atoms with Crippen molar-refractivity contribution in [3.8, 4) is 28.4 Å². The van der Waals surface area contributed by atoms with Gasteiger partial charge in [0.2, 0.25) is 5.75 Å². The number of pyridine rings is 3. The largest absolute Gasteiger partial charge is 2.00 e. The maximum absolute atomic E-state index is 5.58. The Hall–Kier alpha value is -2.92. The van der Waals surface area contributed by atoms with Crippen LogP contribution in [-0.2, 0) is 0 Å². The second-order valence-electron chi connectivity index (χ2n) is 8.46. The first kappa shape index (κ1) is 28.7. The van der Waals surface area contributed by atoms with Crippen LogP contribution in [-0.4, -0.2) is 61.8 Å². The zero-order valence-electron chi connectivity index (χ0n) is 21.8. The number of ether oxygens (including phenoxy) is 3. The Bertz CT molecular complexity index is 1480. The SMILES string of the molecule is COc1cc(-c2cc3ccncc3c3n[c-]c4cnccc4c23)cc(OC)c1OC.[CH2-]CCN(C)C.[U+2]. The molecule has 0 unspecified atom stereocenters. The van der Waals surface area contributed by atoms with Gasteiger partial charge in [-0.2, -0.15) is 6.42 Å². The van der Waals surface area contributed by atoms with Crippen LogP contribution in [0.3, 0.4) is 0 Å². The van der Waals surface area contributed by atoms with Crippen LogP contribution in [0.15, 0.2) is 55.1 Å². The summed E-state index contributed by atoms with van der Waals surface area (Å²) in [5.41, 5.74) is 2.77. The van der Waals surface area contributed by atoms with Gasteiger partial charge < -0.3 is 36.0 Å². The Morgan fingerprint density at radius 3 is 2.16 bits per heavy atom. The Morgan fingerprint density at radius 2 is 1.57 bits per heavy atom. The summed E-state index contributed by atoms with van der Waals surface area (Å²) in [6.45, 7) is 4.78. The molecule has 0 aliphatic heterocycles. The van der Waals surface area contributed by atoms with Crippen molar-refractivity contribution < 1.29 is 45.3 Å². The van der Waals surface area contributed by atoms with E-state index >= 15 is 0 Å². The molecule has 0 bridgehead atoms. The Kier molecular flexibility index (Phi) is 10.1. The molecule has 0 spiro atoms. The summed E-state index contributed by atoms with van der Waals surface area (Å²) in [6, 6.07) is 10.0. The summed E-state index contributed by atoms with van der Waals surface area (Å²) >= 11 is 0. The van der Waals surface area contributed by atoms with Gasteiger partial charge in [0.25, 0.3) is 0 Å². The van der Waals surface area contributed by atoms with Gasteiger partial charge in [0, 0.05) is 18.6 Å². The minimum Gasteiger partial charge on any atom is -0.493 e. The van der Waals surface area contributed by atoms with E-state index in [2.05, 4.69) is 39.0 Å². The van der Waals surface area contributed by atoms with Crippen molar-refractivity contribution in [3.05, 3.63) is 68.2 Å². The van der Waals surface area contributed by atoms with Gasteiger partial charge in [0.05, 0.1) is 21.3 Å². The zero-order valence-corrected chi connectivity index (χ0v) is 26.0.